The Hall–Kier alpha value is -2.66. The van der Waals surface area contributed by atoms with Crippen molar-refractivity contribution < 1.29 is 14.3 Å². The highest BCUT2D eigenvalue weighted by Crippen LogP contribution is 2.29. The van der Waals surface area contributed by atoms with Crippen molar-refractivity contribution in [3.8, 4) is 0 Å². The second kappa shape index (κ2) is 8.15. The summed E-state index contributed by atoms with van der Waals surface area (Å²) in [5.41, 5.74) is 2.35. The van der Waals surface area contributed by atoms with Crippen molar-refractivity contribution in [3.63, 3.8) is 0 Å². The van der Waals surface area contributed by atoms with Crippen molar-refractivity contribution >= 4 is 12.0 Å². The number of ether oxygens (including phenoxy) is 1. The van der Waals surface area contributed by atoms with Crippen LogP contribution in [0.25, 0.3) is 0 Å². The first kappa shape index (κ1) is 18.7. The molecule has 0 aromatic heterocycles. The van der Waals surface area contributed by atoms with E-state index in [1.54, 1.807) is 0 Å². The first-order chi connectivity index (χ1) is 13.6. The zero-order chi connectivity index (χ0) is 19.5. The van der Waals surface area contributed by atoms with Crippen LogP contribution in [0.15, 0.2) is 60.7 Å². The van der Waals surface area contributed by atoms with Crippen LogP contribution >= 0.6 is 0 Å². The lowest BCUT2D eigenvalue weighted by Crippen LogP contribution is -2.45. The summed E-state index contributed by atoms with van der Waals surface area (Å²) in [4.78, 5) is 29.3. The molecule has 2 fully saturated rings. The summed E-state index contributed by atoms with van der Waals surface area (Å²) in [7, 11) is 0. The molecule has 2 heterocycles. The Morgan fingerprint density at radius 1 is 1.00 bits per heavy atom. The van der Waals surface area contributed by atoms with E-state index >= 15 is 0 Å². The van der Waals surface area contributed by atoms with Gasteiger partial charge in [0, 0.05) is 19.6 Å². The maximum Gasteiger partial charge on any atom is 0.416 e. The Morgan fingerprint density at radius 2 is 1.64 bits per heavy atom. The third-order valence-corrected chi connectivity index (χ3v) is 5.77. The number of hydrogen-bond acceptors (Lipinski definition) is 4. The van der Waals surface area contributed by atoms with Crippen LogP contribution in [-0.2, 0) is 22.5 Å². The quantitative estimate of drug-likeness (QED) is 0.801. The molecule has 2 aliphatic rings. The molecule has 0 bridgehead atoms. The third kappa shape index (κ3) is 3.94. The summed E-state index contributed by atoms with van der Waals surface area (Å²) in [6.07, 6.45) is 0.132. The van der Waals surface area contributed by atoms with Crippen LogP contribution in [0, 0.1) is 11.8 Å². The van der Waals surface area contributed by atoms with Crippen LogP contribution in [0.3, 0.4) is 0 Å². The summed E-state index contributed by atoms with van der Waals surface area (Å²) < 4.78 is 5.24. The number of hydrogen-bond donors (Lipinski definition) is 0. The first-order valence-corrected chi connectivity index (χ1v) is 9.92. The molecule has 146 valence electrons. The van der Waals surface area contributed by atoms with Gasteiger partial charge in [-0.05, 0) is 23.5 Å². The summed E-state index contributed by atoms with van der Waals surface area (Å²) in [5.74, 6) is -0.0545. The molecule has 2 aromatic rings. The maximum absolute atomic E-state index is 13.3. The molecule has 2 aliphatic heterocycles. The van der Waals surface area contributed by atoms with Gasteiger partial charge in [0.1, 0.15) is 6.61 Å². The number of likely N-dealkylation sites (tertiary alicyclic amines) is 1. The van der Waals surface area contributed by atoms with E-state index in [-0.39, 0.29) is 30.4 Å². The molecular weight excluding hydrogens is 352 g/mol. The molecule has 5 nitrogen and oxygen atoms in total. The lowest BCUT2D eigenvalue weighted by molar-refractivity contribution is -0.134. The predicted molar refractivity (Wildman–Crippen MR) is 107 cm³/mol. The van der Waals surface area contributed by atoms with Crippen LogP contribution < -0.4 is 0 Å². The van der Waals surface area contributed by atoms with Crippen LogP contribution in [0.5, 0.6) is 0 Å². The molecule has 2 amide bonds. The second-order valence-electron chi connectivity index (χ2n) is 7.89. The molecule has 4 rings (SSSR count). The molecule has 0 aliphatic carbocycles. The van der Waals surface area contributed by atoms with E-state index in [1.807, 2.05) is 48.5 Å². The predicted octanol–water partition coefficient (Wildman–Crippen LogP) is 3.34. The molecule has 3 atom stereocenters. The smallest absolute Gasteiger partial charge is 0.416 e. The largest absolute Gasteiger partial charge is 0.447 e. The van der Waals surface area contributed by atoms with Crippen LogP contribution in [0.4, 0.5) is 4.79 Å². The van der Waals surface area contributed by atoms with Gasteiger partial charge in [-0.1, -0.05) is 67.6 Å². The fourth-order valence-electron chi connectivity index (χ4n) is 4.30. The number of imide groups is 1. The lowest BCUT2D eigenvalue weighted by Gasteiger charge is -2.24. The fourth-order valence-corrected chi connectivity index (χ4v) is 4.30. The van der Waals surface area contributed by atoms with Crippen LogP contribution in [0.2, 0.25) is 0 Å². The highest BCUT2D eigenvalue weighted by atomic mass is 16.6. The SMILES string of the molecule is C[C@H]1CN(Cc2ccccc2)C[C@@H]1C(=O)N1C(=O)OC[C@H]1Cc1ccccc1. The average Bonchev–Trinajstić information content (AvgIpc) is 3.25. The van der Waals surface area contributed by atoms with Gasteiger partial charge in [0.15, 0.2) is 0 Å². The highest BCUT2D eigenvalue weighted by Gasteiger charge is 2.44. The van der Waals surface area contributed by atoms with E-state index in [1.165, 1.54) is 10.5 Å². The van der Waals surface area contributed by atoms with Crippen molar-refractivity contribution in [3.05, 3.63) is 71.8 Å². The topological polar surface area (TPSA) is 49.9 Å². The Morgan fingerprint density at radius 3 is 2.32 bits per heavy atom. The number of nitrogens with zero attached hydrogens (tertiary/aromatic N) is 2. The van der Waals surface area contributed by atoms with Crippen molar-refractivity contribution in [2.24, 2.45) is 11.8 Å². The standard InChI is InChI=1S/C23H26N2O3/c1-17-13-24(14-19-10-6-3-7-11-19)15-21(17)22(26)25-20(16-28-23(25)27)12-18-8-4-2-5-9-18/h2-11,17,20-21H,12-16H2,1H3/t17-,20+,21-/m0/s1. The molecular formula is C23H26N2O3. The Labute approximate surface area is 165 Å². The average molecular weight is 378 g/mol. The second-order valence-corrected chi connectivity index (χ2v) is 7.89. The molecule has 5 heteroatoms. The van der Waals surface area contributed by atoms with Gasteiger partial charge in [-0.3, -0.25) is 9.69 Å². The van der Waals surface area contributed by atoms with Gasteiger partial charge in [0.05, 0.1) is 12.0 Å². The van der Waals surface area contributed by atoms with Gasteiger partial charge in [-0.15, -0.1) is 0 Å². The Balaban J connectivity index is 1.44. The number of cyclic esters (lactones) is 1. The molecule has 0 N–H and O–H groups in total. The molecule has 0 radical (unpaired) electrons. The molecule has 28 heavy (non-hydrogen) atoms. The third-order valence-electron chi connectivity index (χ3n) is 5.77. The minimum Gasteiger partial charge on any atom is -0.447 e. The van der Waals surface area contributed by atoms with E-state index in [2.05, 4.69) is 24.0 Å². The normalized spacial score (nSPS) is 25.1. The van der Waals surface area contributed by atoms with E-state index in [0.29, 0.717) is 13.0 Å². The van der Waals surface area contributed by atoms with Gasteiger partial charge in [0.25, 0.3) is 0 Å². The molecule has 2 aromatic carbocycles. The fraction of sp³-hybridized carbons (Fsp3) is 0.391. The maximum atomic E-state index is 13.3. The highest BCUT2D eigenvalue weighted by molar-refractivity contribution is 5.95. The zero-order valence-electron chi connectivity index (χ0n) is 16.2. The minimum absolute atomic E-state index is 0.0912. The van der Waals surface area contributed by atoms with E-state index in [9.17, 15) is 9.59 Å². The first-order valence-electron chi connectivity index (χ1n) is 9.92. The van der Waals surface area contributed by atoms with Gasteiger partial charge in [-0.2, -0.15) is 0 Å². The summed E-state index contributed by atoms with van der Waals surface area (Å²) >= 11 is 0. The monoisotopic (exact) mass is 378 g/mol. The molecule has 0 spiro atoms. The van der Waals surface area contributed by atoms with E-state index in [0.717, 1.165) is 18.7 Å². The summed E-state index contributed by atoms with van der Waals surface area (Å²) in [6.45, 7) is 4.73. The Kier molecular flexibility index (Phi) is 5.44. The van der Waals surface area contributed by atoms with Crippen LogP contribution in [-0.4, -0.2) is 47.5 Å². The van der Waals surface area contributed by atoms with Gasteiger partial charge >= 0.3 is 6.09 Å². The van der Waals surface area contributed by atoms with Crippen molar-refractivity contribution in [1.82, 2.24) is 9.80 Å². The number of benzene rings is 2. The number of carbonyl (C=O) groups is 2. The number of carbonyl (C=O) groups excluding carboxylic acids is 2. The number of amides is 2. The molecule has 0 unspecified atom stereocenters. The summed E-state index contributed by atoms with van der Waals surface area (Å²) in [6, 6.07) is 20.0. The van der Waals surface area contributed by atoms with Crippen molar-refractivity contribution in [2.45, 2.75) is 25.9 Å². The number of rotatable bonds is 5. The van der Waals surface area contributed by atoms with Crippen LogP contribution in [0.1, 0.15) is 18.1 Å². The lowest BCUT2D eigenvalue weighted by atomic mass is 9.95. The minimum atomic E-state index is -0.500. The van der Waals surface area contributed by atoms with E-state index < -0.39 is 6.09 Å². The van der Waals surface area contributed by atoms with Gasteiger partial charge < -0.3 is 4.74 Å². The summed E-state index contributed by atoms with van der Waals surface area (Å²) in [5, 5.41) is 0. The van der Waals surface area contributed by atoms with Gasteiger partial charge in [-0.25, -0.2) is 9.69 Å². The van der Waals surface area contributed by atoms with Gasteiger partial charge in [0.2, 0.25) is 5.91 Å². The molecule has 2 saturated heterocycles. The van der Waals surface area contributed by atoms with E-state index in [4.69, 9.17) is 4.74 Å². The zero-order valence-corrected chi connectivity index (χ0v) is 16.2. The van der Waals surface area contributed by atoms with Crippen molar-refractivity contribution in [2.75, 3.05) is 19.7 Å². The Bertz CT molecular complexity index is 824. The van der Waals surface area contributed by atoms with Crippen molar-refractivity contribution in [1.29, 1.82) is 0 Å². The molecule has 0 saturated carbocycles.